The van der Waals surface area contributed by atoms with E-state index in [1.807, 2.05) is 0 Å². The molecule has 0 bridgehead atoms. The van der Waals surface area contributed by atoms with Gasteiger partial charge in [-0.2, -0.15) is 0 Å². The van der Waals surface area contributed by atoms with Crippen LogP contribution >= 0.6 is 0 Å². The van der Waals surface area contributed by atoms with Crippen molar-refractivity contribution in [3.8, 4) is 0 Å². The highest BCUT2D eigenvalue weighted by Gasteiger charge is 2.20. The molecule has 1 saturated carbocycles. The number of rotatable bonds is 0. The molecule has 1 aliphatic carbocycles. The van der Waals surface area contributed by atoms with Crippen molar-refractivity contribution in [2.45, 2.75) is 31.4 Å². The summed E-state index contributed by atoms with van der Waals surface area (Å²) in [4.78, 5) is 0. The van der Waals surface area contributed by atoms with Crippen LogP contribution in [0.4, 0.5) is 0 Å². The van der Waals surface area contributed by atoms with E-state index in [0.717, 1.165) is 19.3 Å². The molecule has 2 heteroatoms. The average molecular weight is 101 g/mol. The highest BCUT2D eigenvalue weighted by atomic mass is 16.3. The Labute approximate surface area is 43.3 Å². The minimum Gasteiger partial charge on any atom is -0.392 e. The normalized spacial score (nSPS) is 42.0. The largest absolute Gasteiger partial charge is 0.392 e. The summed E-state index contributed by atoms with van der Waals surface area (Å²) >= 11 is 0. The molecule has 1 fully saturated rings. The molecule has 1 aliphatic rings. The van der Waals surface area contributed by atoms with Crippen LogP contribution in [0.1, 0.15) is 19.3 Å². The smallest absolute Gasteiger partial charge is 0.0691 e. The fraction of sp³-hybridized carbons (Fsp3) is 1.00. The summed E-state index contributed by atoms with van der Waals surface area (Å²) in [5.74, 6) is 0. The highest BCUT2D eigenvalue weighted by Crippen LogP contribution is 2.15. The van der Waals surface area contributed by atoms with Gasteiger partial charge in [-0.15, -0.1) is 0 Å². The first-order valence-corrected chi connectivity index (χ1v) is 2.74. The van der Waals surface area contributed by atoms with E-state index >= 15 is 0 Å². The van der Waals surface area contributed by atoms with E-state index in [1.165, 1.54) is 0 Å². The van der Waals surface area contributed by atoms with Gasteiger partial charge in [0, 0.05) is 6.04 Å². The summed E-state index contributed by atoms with van der Waals surface area (Å²) in [6.07, 6.45) is 2.80. The van der Waals surface area contributed by atoms with E-state index in [4.69, 9.17) is 10.8 Å². The number of nitrogens with two attached hydrogens (primary N) is 1. The van der Waals surface area contributed by atoms with Gasteiger partial charge in [0.05, 0.1) is 6.10 Å². The van der Waals surface area contributed by atoms with Crippen molar-refractivity contribution in [1.29, 1.82) is 0 Å². The lowest BCUT2D eigenvalue weighted by Crippen LogP contribution is -2.28. The second-order valence-electron chi connectivity index (χ2n) is 2.16. The Kier molecular flexibility index (Phi) is 1.30. The van der Waals surface area contributed by atoms with Crippen LogP contribution in [0.15, 0.2) is 0 Å². The molecule has 2 nitrogen and oxygen atoms in total. The van der Waals surface area contributed by atoms with Gasteiger partial charge >= 0.3 is 0 Å². The summed E-state index contributed by atoms with van der Waals surface area (Å²) in [6, 6.07) is 0.0694. The van der Waals surface area contributed by atoms with Gasteiger partial charge < -0.3 is 10.8 Å². The fourth-order valence-electron chi connectivity index (χ4n) is 0.969. The van der Waals surface area contributed by atoms with Crippen LogP contribution in [0.3, 0.4) is 0 Å². The minimum atomic E-state index is -0.208. The molecular weight excluding hydrogens is 90.1 g/mol. The van der Waals surface area contributed by atoms with Crippen LogP contribution in [0.25, 0.3) is 0 Å². The van der Waals surface area contributed by atoms with Crippen molar-refractivity contribution in [1.82, 2.24) is 0 Å². The van der Waals surface area contributed by atoms with Crippen molar-refractivity contribution < 1.29 is 5.11 Å². The Bertz CT molecular complexity index is 57.1. The van der Waals surface area contributed by atoms with Crippen LogP contribution in [0, 0.1) is 0 Å². The molecule has 3 N–H and O–H groups in total. The maximum Gasteiger partial charge on any atom is 0.0691 e. The highest BCUT2D eigenvalue weighted by molar-refractivity contribution is 4.78. The first-order valence-electron chi connectivity index (χ1n) is 2.74. The quantitative estimate of drug-likeness (QED) is 0.446. The standard InChI is InChI=1S/C5H11NO/c6-4-2-1-3-5(4)7/h4-5,7H,1-3,6H2/t4-,5?/m0/s1. The van der Waals surface area contributed by atoms with E-state index in [0.29, 0.717) is 0 Å². The zero-order chi connectivity index (χ0) is 5.28. The first kappa shape index (κ1) is 5.06. The van der Waals surface area contributed by atoms with E-state index in [2.05, 4.69) is 0 Å². The zero-order valence-corrected chi connectivity index (χ0v) is 4.30. The number of hydrogen-bond acceptors (Lipinski definition) is 2. The molecule has 0 saturated heterocycles. The maximum atomic E-state index is 8.87. The topological polar surface area (TPSA) is 46.2 Å². The summed E-state index contributed by atoms with van der Waals surface area (Å²) in [5, 5.41) is 8.87. The second kappa shape index (κ2) is 1.80. The average Bonchev–Trinajstić information content (AvgIpc) is 1.91. The third-order valence-corrected chi connectivity index (χ3v) is 1.53. The Morgan fingerprint density at radius 3 is 2.29 bits per heavy atom. The molecule has 0 spiro atoms. The van der Waals surface area contributed by atoms with E-state index in [-0.39, 0.29) is 12.1 Å². The lowest BCUT2D eigenvalue weighted by Gasteiger charge is -2.04. The summed E-state index contributed by atoms with van der Waals surface area (Å²) in [5.41, 5.74) is 5.43. The third kappa shape index (κ3) is 0.924. The predicted molar refractivity (Wildman–Crippen MR) is 27.8 cm³/mol. The minimum absolute atomic E-state index is 0.0694. The van der Waals surface area contributed by atoms with Gasteiger partial charge in [0.25, 0.3) is 0 Å². The molecular formula is C5H11NO. The van der Waals surface area contributed by atoms with Crippen LogP contribution in [-0.2, 0) is 0 Å². The van der Waals surface area contributed by atoms with Gasteiger partial charge in [-0.1, -0.05) is 0 Å². The molecule has 0 amide bonds. The molecule has 0 aromatic heterocycles. The Balaban J connectivity index is 2.33. The molecule has 0 radical (unpaired) electrons. The lowest BCUT2D eigenvalue weighted by atomic mass is 10.2. The Hall–Kier alpha value is -0.0800. The summed E-state index contributed by atoms with van der Waals surface area (Å²) in [7, 11) is 0. The third-order valence-electron chi connectivity index (χ3n) is 1.53. The monoisotopic (exact) mass is 101 g/mol. The van der Waals surface area contributed by atoms with Crippen LogP contribution in [0.5, 0.6) is 0 Å². The molecule has 1 unspecified atom stereocenters. The van der Waals surface area contributed by atoms with Crippen molar-refractivity contribution in [2.24, 2.45) is 5.73 Å². The molecule has 0 aliphatic heterocycles. The van der Waals surface area contributed by atoms with E-state index < -0.39 is 0 Å². The van der Waals surface area contributed by atoms with Crippen LogP contribution < -0.4 is 5.73 Å². The van der Waals surface area contributed by atoms with Gasteiger partial charge in [0.2, 0.25) is 0 Å². The van der Waals surface area contributed by atoms with Crippen molar-refractivity contribution >= 4 is 0 Å². The lowest BCUT2D eigenvalue weighted by molar-refractivity contribution is 0.165. The van der Waals surface area contributed by atoms with Crippen LogP contribution in [0.2, 0.25) is 0 Å². The molecule has 1 rings (SSSR count). The second-order valence-corrected chi connectivity index (χ2v) is 2.16. The van der Waals surface area contributed by atoms with Gasteiger partial charge in [-0.05, 0) is 19.3 Å². The van der Waals surface area contributed by atoms with E-state index in [9.17, 15) is 0 Å². The number of aliphatic hydroxyl groups excluding tert-OH is 1. The van der Waals surface area contributed by atoms with Gasteiger partial charge in [0.15, 0.2) is 0 Å². The summed E-state index contributed by atoms with van der Waals surface area (Å²) in [6.45, 7) is 0. The first-order chi connectivity index (χ1) is 3.30. The van der Waals surface area contributed by atoms with Gasteiger partial charge in [-0.25, -0.2) is 0 Å². The predicted octanol–water partition coefficient (Wildman–Crippen LogP) is -0.142. The molecule has 7 heavy (non-hydrogen) atoms. The molecule has 42 valence electrons. The number of hydrogen-bond donors (Lipinski definition) is 2. The van der Waals surface area contributed by atoms with Gasteiger partial charge in [0.1, 0.15) is 0 Å². The maximum absolute atomic E-state index is 8.87. The fourth-order valence-corrected chi connectivity index (χ4v) is 0.969. The van der Waals surface area contributed by atoms with E-state index in [1.54, 1.807) is 0 Å². The zero-order valence-electron chi connectivity index (χ0n) is 4.30. The molecule has 0 heterocycles. The SMILES string of the molecule is N[C@H]1CCCC1O. The van der Waals surface area contributed by atoms with Crippen molar-refractivity contribution in [2.75, 3.05) is 0 Å². The van der Waals surface area contributed by atoms with Crippen molar-refractivity contribution in [3.63, 3.8) is 0 Å². The van der Waals surface area contributed by atoms with Crippen LogP contribution in [-0.4, -0.2) is 17.3 Å². The van der Waals surface area contributed by atoms with Crippen molar-refractivity contribution in [3.05, 3.63) is 0 Å². The number of aliphatic hydroxyl groups is 1. The Morgan fingerprint density at radius 2 is 2.14 bits per heavy atom. The molecule has 0 aromatic carbocycles. The molecule has 0 aromatic rings. The van der Waals surface area contributed by atoms with Gasteiger partial charge in [-0.3, -0.25) is 0 Å². The molecule has 2 atom stereocenters. The Morgan fingerprint density at radius 1 is 1.43 bits per heavy atom. The summed E-state index contributed by atoms with van der Waals surface area (Å²) < 4.78 is 0.